The number of fused-ring (bicyclic) bond motifs is 1. The molecule has 166 valence electrons. The highest BCUT2D eigenvalue weighted by Crippen LogP contribution is 2.34. The number of hydrogen-bond donors (Lipinski definition) is 3. The predicted molar refractivity (Wildman–Crippen MR) is 130 cm³/mol. The van der Waals surface area contributed by atoms with E-state index in [-0.39, 0.29) is 11.3 Å². The molecule has 1 fully saturated rings. The highest BCUT2D eigenvalue weighted by molar-refractivity contribution is 6.05. The first-order chi connectivity index (χ1) is 15.1. The molecule has 0 bridgehead atoms. The van der Waals surface area contributed by atoms with Crippen molar-refractivity contribution in [3.63, 3.8) is 0 Å². The summed E-state index contributed by atoms with van der Waals surface area (Å²) in [5.74, 6) is 5.69. The number of anilines is 1. The van der Waals surface area contributed by atoms with Crippen molar-refractivity contribution in [1.82, 2.24) is 9.88 Å². The fourth-order valence-corrected chi connectivity index (χ4v) is 3.56. The van der Waals surface area contributed by atoms with E-state index in [1.165, 1.54) is 5.69 Å². The zero-order valence-electron chi connectivity index (χ0n) is 19.2. The molecule has 1 aromatic heterocycles. The molecule has 3 N–H and O–H groups in total. The summed E-state index contributed by atoms with van der Waals surface area (Å²) in [6.45, 7) is 8.40. The van der Waals surface area contributed by atoms with Crippen molar-refractivity contribution < 1.29 is 9.90 Å². The van der Waals surface area contributed by atoms with Gasteiger partial charge in [0.25, 0.3) is 5.91 Å². The van der Waals surface area contributed by atoms with Gasteiger partial charge in [-0.15, -0.1) is 0 Å². The SMILES string of the molecule is Cn1c(CNCC(C)(C)C)cc2cc(NC(=O)c3ccc(C#CC4(O)CC4)cc3)ccc21. The molecule has 0 radical (unpaired) electrons. The normalized spacial score (nSPS) is 14.7. The molecule has 3 aromatic rings. The summed E-state index contributed by atoms with van der Waals surface area (Å²) in [6.07, 6.45) is 1.47. The first-order valence-corrected chi connectivity index (χ1v) is 11.1. The lowest BCUT2D eigenvalue weighted by Gasteiger charge is -2.18. The lowest BCUT2D eigenvalue weighted by molar-refractivity contribution is 0.102. The maximum Gasteiger partial charge on any atom is 0.255 e. The number of hydrogen-bond acceptors (Lipinski definition) is 3. The van der Waals surface area contributed by atoms with Gasteiger partial charge in [-0.3, -0.25) is 4.79 Å². The maximum atomic E-state index is 12.7. The van der Waals surface area contributed by atoms with Crippen LogP contribution in [0.25, 0.3) is 10.9 Å². The molecule has 5 heteroatoms. The summed E-state index contributed by atoms with van der Waals surface area (Å²) < 4.78 is 2.19. The lowest BCUT2D eigenvalue weighted by Crippen LogP contribution is -2.27. The van der Waals surface area contributed by atoms with E-state index in [0.29, 0.717) is 5.56 Å². The Morgan fingerprint density at radius 2 is 1.84 bits per heavy atom. The summed E-state index contributed by atoms with van der Waals surface area (Å²) in [7, 11) is 2.07. The molecule has 0 unspecified atom stereocenters. The second-order valence-electron chi connectivity index (χ2n) is 9.95. The lowest BCUT2D eigenvalue weighted by atomic mass is 9.97. The summed E-state index contributed by atoms with van der Waals surface area (Å²) in [4.78, 5) is 12.7. The summed E-state index contributed by atoms with van der Waals surface area (Å²) >= 11 is 0. The molecule has 2 aromatic carbocycles. The molecular formula is C27H31N3O2. The molecule has 4 rings (SSSR count). The van der Waals surface area contributed by atoms with Crippen LogP contribution in [0.4, 0.5) is 5.69 Å². The van der Waals surface area contributed by atoms with Gasteiger partial charge in [0.15, 0.2) is 0 Å². The van der Waals surface area contributed by atoms with Gasteiger partial charge in [-0.25, -0.2) is 0 Å². The van der Waals surface area contributed by atoms with Gasteiger partial charge >= 0.3 is 0 Å². The molecule has 0 aliphatic heterocycles. The van der Waals surface area contributed by atoms with E-state index < -0.39 is 5.60 Å². The van der Waals surface area contributed by atoms with Gasteiger partial charge in [0, 0.05) is 53.5 Å². The topological polar surface area (TPSA) is 66.3 Å². The largest absolute Gasteiger partial charge is 0.378 e. The van der Waals surface area contributed by atoms with Crippen LogP contribution in [0.3, 0.4) is 0 Å². The predicted octanol–water partition coefficient (Wildman–Crippen LogP) is 4.44. The van der Waals surface area contributed by atoms with E-state index in [1.54, 1.807) is 12.1 Å². The molecule has 0 spiro atoms. The van der Waals surface area contributed by atoms with Crippen LogP contribution in [0.5, 0.6) is 0 Å². The highest BCUT2D eigenvalue weighted by Gasteiger charge is 2.38. The molecule has 0 saturated heterocycles. The molecule has 0 atom stereocenters. The van der Waals surface area contributed by atoms with Gasteiger partial charge in [-0.05, 0) is 66.8 Å². The average molecular weight is 430 g/mol. The van der Waals surface area contributed by atoms with Crippen LogP contribution in [0.2, 0.25) is 0 Å². The van der Waals surface area contributed by atoms with Crippen molar-refractivity contribution in [3.05, 3.63) is 65.4 Å². The quantitative estimate of drug-likeness (QED) is 0.525. The zero-order chi connectivity index (χ0) is 22.9. The van der Waals surface area contributed by atoms with Crippen molar-refractivity contribution in [3.8, 4) is 11.8 Å². The Morgan fingerprint density at radius 1 is 1.12 bits per heavy atom. The fourth-order valence-electron chi connectivity index (χ4n) is 3.56. The second kappa shape index (κ2) is 8.46. The van der Waals surface area contributed by atoms with Crippen molar-refractivity contribution in [2.75, 3.05) is 11.9 Å². The molecule has 1 saturated carbocycles. The maximum absolute atomic E-state index is 12.7. The van der Waals surface area contributed by atoms with Gasteiger partial charge < -0.3 is 20.3 Å². The molecule has 5 nitrogen and oxygen atoms in total. The van der Waals surface area contributed by atoms with Crippen molar-refractivity contribution >= 4 is 22.5 Å². The summed E-state index contributed by atoms with van der Waals surface area (Å²) in [5, 5.41) is 17.4. The molecule has 32 heavy (non-hydrogen) atoms. The van der Waals surface area contributed by atoms with E-state index in [9.17, 15) is 9.90 Å². The van der Waals surface area contributed by atoms with E-state index in [0.717, 1.165) is 48.1 Å². The number of aryl methyl sites for hydroxylation is 1. The number of nitrogens with zero attached hydrogens (tertiary/aromatic N) is 1. The Balaban J connectivity index is 1.43. The fraction of sp³-hybridized carbons (Fsp3) is 0.370. The number of carbonyl (C=O) groups excluding carboxylic acids is 1. The Kier molecular flexibility index (Phi) is 5.85. The smallest absolute Gasteiger partial charge is 0.255 e. The third-order valence-corrected chi connectivity index (χ3v) is 5.67. The Hall–Kier alpha value is -3.07. The van der Waals surface area contributed by atoms with Gasteiger partial charge in [0.05, 0.1) is 0 Å². The number of carbonyl (C=O) groups is 1. The monoisotopic (exact) mass is 429 g/mol. The van der Waals surface area contributed by atoms with Gasteiger partial charge in [-0.1, -0.05) is 32.6 Å². The van der Waals surface area contributed by atoms with E-state index in [1.807, 2.05) is 30.3 Å². The minimum atomic E-state index is -0.797. The molecule has 1 aliphatic rings. The number of aromatic nitrogens is 1. The van der Waals surface area contributed by atoms with Crippen molar-refractivity contribution in [2.24, 2.45) is 12.5 Å². The number of rotatable bonds is 5. The minimum Gasteiger partial charge on any atom is -0.378 e. The van der Waals surface area contributed by atoms with Gasteiger partial charge in [0.2, 0.25) is 0 Å². The highest BCUT2D eigenvalue weighted by atomic mass is 16.3. The van der Waals surface area contributed by atoms with Crippen LogP contribution >= 0.6 is 0 Å². The van der Waals surface area contributed by atoms with Gasteiger partial charge in [0.1, 0.15) is 5.60 Å². The zero-order valence-corrected chi connectivity index (χ0v) is 19.2. The van der Waals surface area contributed by atoms with Crippen molar-refractivity contribution in [1.29, 1.82) is 0 Å². The van der Waals surface area contributed by atoms with E-state index in [4.69, 9.17) is 0 Å². The van der Waals surface area contributed by atoms with Crippen LogP contribution < -0.4 is 10.6 Å². The third-order valence-electron chi connectivity index (χ3n) is 5.67. The number of amides is 1. The van der Waals surface area contributed by atoms with Crippen LogP contribution in [-0.4, -0.2) is 27.7 Å². The molecular weight excluding hydrogens is 398 g/mol. The Morgan fingerprint density at radius 3 is 2.50 bits per heavy atom. The van der Waals surface area contributed by atoms with E-state index in [2.05, 4.69) is 60.9 Å². The number of nitrogens with one attached hydrogen (secondary N) is 2. The first-order valence-electron chi connectivity index (χ1n) is 11.1. The standard InChI is InChI=1S/C27H31N3O2/c1-26(2,3)18-28-17-23-16-21-15-22(9-10-24(21)30(23)4)29-25(31)20-7-5-19(6-8-20)11-12-27(32)13-14-27/h5-10,15-16,28,32H,13-14,17-18H2,1-4H3,(H,29,31). The van der Waals surface area contributed by atoms with Crippen LogP contribution in [0.1, 0.15) is 55.2 Å². The van der Waals surface area contributed by atoms with Crippen LogP contribution in [0.15, 0.2) is 48.5 Å². The third kappa shape index (κ3) is 5.40. The van der Waals surface area contributed by atoms with Crippen LogP contribution in [0, 0.1) is 17.3 Å². The first kappa shape index (κ1) is 22.1. The van der Waals surface area contributed by atoms with E-state index >= 15 is 0 Å². The summed E-state index contributed by atoms with van der Waals surface area (Å²) in [5.41, 5.74) is 3.92. The Bertz CT molecular complexity index is 1200. The molecule has 1 heterocycles. The van der Waals surface area contributed by atoms with Crippen LogP contribution in [-0.2, 0) is 13.6 Å². The van der Waals surface area contributed by atoms with Gasteiger partial charge in [-0.2, -0.15) is 0 Å². The summed E-state index contributed by atoms with van der Waals surface area (Å²) in [6, 6.07) is 15.3. The molecule has 1 aliphatic carbocycles. The molecule has 1 amide bonds. The Labute approximate surface area is 189 Å². The number of benzene rings is 2. The number of aliphatic hydroxyl groups is 1. The average Bonchev–Trinajstić information content (AvgIpc) is 3.40. The van der Waals surface area contributed by atoms with Crippen molar-refractivity contribution in [2.45, 2.75) is 45.8 Å². The second-order valence-corrected chi connectivity index (χ2v) is 9.95. The minimum absolute atomic E-state index is 0.160.